The van der Waals surface area contributed by atoms with Crippen molar-refractivity contribution in [2.24, 2.45) is 0 Å². The number of hydrogen-bond donors (Lipinski definition) is 0. The Morgan fingerprint density at radius 1 is 0.690 bits per heavy atom. The van der Waals surface area contributed by atoms with Crippen LogP contribution in [0.5, 0.6) is 0 Å². The summed E-state index contributed by atoms with van der Waals surface area (Å²) in [5, 5.41) is 4.92. The Bertz CT molecular complexity index is 3120. The van der Waals surface area contributed by atoms with E-state index in [0.717, 1.165) is 69.9 Å². The second-order valence-electron chi connectivity index (χ2n) is 13.6. The first-order valence-electron chi connectivity index (χ1n) is 18.9. The van der Waals surface area contributed by atoms with E-state index in [4.69, 9.17) is 24.9 Å². The number of fused-ring (bicyclic) bond motifs is 4. The summed E-state index contributed by atoms with van der Waals surface area (Å²) in [6.45, 7) is 12.9. The first-order chi connectivity index (χ1) is 28.5. The quantitative estimate of drug-likeness (QED) is 0.102. The molecule has 4 heterocycles. The molecule has 0 saturated heterocycles. The number of para-hydroxylation sites is 2. The molecule has 0 aliphatic heterocycles. The molecule has 0 aliphatic rings. The van der Waals surface area contributed by atoms with Crippen molar-refractivity contribution >= 4 is 91.4 Å². The van der Waals surface area contributed by atoms with E-state index in [0.29, 0.717) is 17.5 Å². The second-order valence-corrected chi connectivity index (χ2v) is 15.7. The molecule has 9 rings (SSSR count). The largest absolute Gasteiger partial charge is 0.309 e. The van der Waals surface area contributed by atoms with Gasteiger partial charge in [0.05, 0.1) is 26.6 Å². The Kier molecular flexibility index (Phi) is 10.1. The summed E-state index contributed by atoms with van der Waals surface area (Å²) in [7, 11) is 2.00. The maximum atomic E-state index is 5.03. The molecule has 5 aromatic carbocycles. The zero-order chi connectivity index (χ0) is 39.6. The number of hydrogen-bond acceptors (Lipinski definition) is 7. The van der Waals surface area contributed by atoms with Gasteiger partial charge >= 0.3 is 0 Å². The van der Waals surface area contributed by atoms with Crippen molar-refractivity contribution in [3.63, 3.8) is 0 Å². The third-order valence-corrected chi connectivity index (χ3v) is 11.9. The number of rotatable bonds is 10. The van der Waals surface area contributed by atoms with Crippen molar-refractivity contribution in [2.75, 3.05) is 0 Å². The molecule has 0 aliphatic carbocycles. The number of nitrogens with zero attached hydrogens (tertiary/aromatic N) is 6. The standard InChI is InChI=1S/C49H36BN6S2/c1-5-16-36(56-42-23-14-12-21-37(42)38-30-35(25-28-43(38)56)49-52-41-22-13-15-24-44(41)58-49)29-31(2)48-51-40(32(3)57-48)27-26-39(50-4)47-54-45(33-17-8-6-9-18-33)53-46(55-47)34-19-10-7-11-20-34/h5-30H,2-3H2,1,4H3/b16-5-,36-29+,39-26-,40-27+. The average Bonchev–Trinajstić information content (AvgIpc) is 3.97. The lowest BCUT2D eigenvalue weighted by atomic mass is 9.71. The zero-order valence-corrected chi connectivity index (χ0v) is 33.6. The van der Waals surface area contributed by atoms with E-state index < -0.39 is 0 Å². The minimum atomic E-state index is 0.578. The number of aromatic nitrogens is 6. The Balaban J connectivity index is 1.08. The Labute approximate surface area is 345 Å². The molecule has 0 unspecified atom stereocenters. The van der Waals surface area contributed by atoms with Crippen LogP contribution in [0.2, 0.25) is 6.82 Å². The first kappa shape index (κ1) is 36.8. The summed E-state index contributed by atoms with van der Waals surface area (Å²) < 4.78 is 4.33. The van der Waals surface area contributed by atoms with Gasteiger partial charge in [-0.3, -0.25) is 0 Å². The Morgan fingerprint density at radius 3 is 2.07 bits per heavy atom. The van der Waals surface area contributed by atoms with E-state index in [-0.39, 0.29) is 0 Å². The van der Waals surface area contributed by atoms with Gasteiger partial charge in [0.25, 0.3) is 0 Å². The van der Waals surface area contributed by atoms with Gasteiger partial charge in [-0.1, -0.05) is 123 Å². The van der Waals surface area contributed by atoms with Crippen LogP contribution in [0, 0.1) is 0 Å². The summed E-state index contributed by atoms with van der Waals surface area (Å²) in [6.07, 6.45) is 10.3. The Hall–Kier alpha value is -6.81. The Morgan fingerprint density at radius 2 is 1.36 bits per heavy atom. The van der Waals surface area contributed by atoms with E-state index >= 15 is 0 Å². The molecule has 0 spiro atoms. The van der Waals surface area contributed by atoms with Crippen molar-refractivity contribution in [3.8, 4) is 33.3 Å². The summed E-state index contributed by atoms with van der Waals surface area (Å²) in [4.78, 5) is 24.6. The smallest absolute Gasteiger partial charge is 0.164 e. The molecule has 0 N–H and O–H groups in total. The predicted octanol–water partition coefficient (Wildman–Crippen LogP) is 11.2. The minimum absolute atomic E-state index is 0.578. The van der Waals surface area contributed by atoms with E-state index in [1.807, 2.05) is 99.9 Å². The molecule has 0 bridgehead atoms. The highest BCUT2D eigenvalue weighted by Gasteiger charge is 2.17. The molecule has 277 valence electrons. The maximum Gasteiger partial charge on any atom is 0.164 e. The van der Waals surface area contributed by atoms with Crippen LogP contribution in [-0.4, -0.2) is 36.8 Å². The molecule has 58 heavy (non-hydrogen) atoms. The van der Waals surface area contributed by atoms with Crippen LogP contribution in [0.3, 0.4) is 0 Å². The summed E-state index contributed by atoms with van der Waals surface area (Å²) in [5.74, 6) is 1.81. The third-order valence-electron chi connectivity index (χ3n) is 9.82. The topological polar surface area (TPSA) is 69.4 Å². The highest BCUT2D eigenvalue weighted by molar-refractivity contribution is 7.21. The van der Waals surface area contributed by atoms with Crippen molar-refractivity contribution in [1.29, 1.82) is 0 Å². The molecule has 0 saturated carbocycles. The van der Waals surface area contributed by atoms with Gasteiger partial charge in [-0.25, -0.2) is 24.9 Å². The first-order valence-corrected chi connectivity index (χ1v) is 20.6. The fourth-order valence-corrected chi connectivity index (χ4v) is 8.76. The highest BCUT2D eigenvalue weighted by Crippen LogP contribution is 2.37. The lowest BCUT2D eigenvalue weighted by molar-refractivity contribution is 1.04. The molecule has 0 amide bonds. The molecule has 1 radical (unpaired) electrons. The van der Waals surface area contributed by atoms with Gasteiger partial charge in [-0.05, 0) is 67.0 Å². The van der Waals surface area contributed by atoms with E-state index in [1.54, 1.807) is 11.3 Å². The van der Waals surface area contributed by atoms with Crippen LogP contribution in [0.25, 0.3) is 94.8 Å². The SMILES string of the molecule is C=C(/C=C(\C=C/C)n1c2ccccc2c2cc(-c3nc4ccccc4s3)ccc21)c1n/c(=C/C=C(\[B]C)c2nc(-c3ccccc3)nc(-c3ccccc3)n2)c(=C)s1. The summed E-state index contributed by atoms with van der Waals surface area (Å²) in [5.41, 5.74) is 8.81. The van der Waals surface area contributed by atoms with Crippen molar-refractivity contribution in [2.45, 2.75) is 13.7 Å². The van der Waals surface area contributed by atoms with Gasteiger partial charge in [0.15, 0.2) is 24.8 Å². The normalized spacial score (nSPS) is 12.7. The molecule has 0 fully saturated rings. The predicted molar refractivity (Wildman–Crippen MR) is 248 cm³/mol. The van der Waals surface area contributed by atoms with Gasteiger partial charge in [-0.15, -0.1) is 22.7 Å². The van der Waals surface area contributed by atoms with Gasteiger partial charge in [0, 0.05) is 43.3 Å². The molecule has 9 heteroatoms. The third kappa shape index (κ3) is 7.18. The molecular formula is C49H36BN6S2. The van der Waals surface area contributed by atoms with Gasteiger partial charge in [-0.2, -0.15) is 0 Å². The lowest BCUT2D eigenvalue weighted by Crippen LogP contribution is -2.18. The zero-order valence-electron chi connectivity index (χ0n) is 32.0. The molecule has 0 atom stereocenters. The van der Waals surface area contributed by atoms with E-state index in [1.165, 1.54) is 26.8 Å². The van der Waals surface area contributed by atoms with Crippen LogP contribution in [0.15, 0.2) is 158 Å². The van der Waals surface area contributed by atoms with Crippen LogP contribution < -0.4 is 9.88 Å². The maximum absolute atomic E-state index is 5.03. The van der Waals surface area contributed by atoms with Crippen molar-refractivity contribution < 1.29 is 0 Å². The van der Waals surface area contributed by atoms with Crippen LogP contribution in [0.1, 0.15) is 17.8 Å². The molecule has 9 aromatic rings. The summed E-state index contributed by atoms with van der Waals surface area (Å²) >= 11 is 3.24. The highest BCUT2D eigenvalue weighted by atomic mass is 32.1. The fourth-order valence-electron chi connectivity index (χ4n) is 7.02. The second kappa shape index (κ2) is 16.0. The number of allylic oxidation sites excluding steroid dienone is 6. The molecular weight excluding hydrogens is 748 g/mol. The van der Waals surface area contributed by atoms with Crippen LogP contribution in [0.4, 0.5) is 0 Å². The lowest BCUT2D eigenvalue weighted by Gasteiger charge is -2.10. The molecule has 4 aromatic heterocycles. The molecule has 6 nitrogen and oxygen atoms in total. The minimum Gasteiger partial charge on any atom is -0.309 e. The number of thiazole rings is 2. The summed E-state index contributed by atoms with van der Waals surface area (Å²) in [6, 6.07) is 43.4. The van der Waals surface area contributed by atoms with Crippen LogP contribution in [-0.2, 0) is 0 Å². The monoisotopic (exact) mass is 783 g/mol. The fraction of sp³-hybridized carbons (Fsp3) is 0.0408. The van der Waals surface area contributed by atoms with E-state index in [9.17, 15) is 0 Å². The number of benzene rings is 5. The van der Waals surface area contributed by atoms with Gasteiger partial charge in [0.1, 0.15) is 10.0 Å². The average molecular weight is 784 g/mol. The van der Waals surface area contributed by atoms with Crippen molar-refractivity contribution in [3.05, 3.63) is 179 Å². The van der Waals surface area contributed by atoms with Gasteiger partial charge in [0.2, 0.25) is 0 Å². The van der Waals surface area contributed by atoms with E-state index in [2.05, 4.69) is 96.6 Å². The van der Waals surface area contributed by atoms with Crippen molar-refractivity contribution in [1.82, 2.24) is 29.5 Å². The van der Waals surface area contributed by atoms with Gasteiger partial charge < -0.3 is 4.57 Å². The van der Waals surface area contributed by atoms with Crippen LogP contribution >= 0.6 is 22.7 Å².